The molecule has 98 heavy (non-hydrogen) atoms. The summed E-state index contributed by atoms with van der Waals surface area (Å²) < 4.78 is 78.6. The second-order valence-corrected chi connectivity index (χ2v) is 31.0. The van der Waals surface area contributed by atoms with Gasteiger partial charge >= 0.3 is 17.9 Å². The molecule has 0 spiro atoms. The van der Waals surface area contributed by atoms with Gasteiger partial charge in [-0.2, -0.15) is 0 Å². The number of hydrogen-bond acceptors (Lipinski definition) is 32. The van der Waals surface area contributed by atoms with Gasteiger partial charge in [0.2, 0.25) is 6.29 Å². The molecule has 560 valence electrons. The smallest absolute Gasteiger partial charge is 0.335 e. The number of rotatable bonds is 16. The van der Waals surface area contributed by atoms with E-state index in [1.807, 2.05) is 0 Å². The molecule has 6 saturated heterocycles. The lowest BCUT2D eigenvalue weighted by atomic mass is 9.34. The van der Waals surface area contributed by atoms with Crippen LogP contribution in [0.15, 0.2) is 11.6 Å². The number of aliphatic carboxylic acids is 1. The molecule has 0 aromatic carbocycles. The zero-order valence-electron chi connectivity index (χ0n) is 56.2. The standard InChI is InChI=1S/C65H102O33/c1-23-46(93-53-42(78)35(71)28(69)22-86-53)41(77)45(81)54(87-23)97-51-50(96-55-43(79)37(73)30(21-67)91-55)47(89-25(3)68)24(2)88-58(51)98-59(84)65-17-16-60(4,5)18-27(65)26-10-11-31-61(6)14-13-34(64(9,85)32(61)12-15-62(31,7)63(26,8)19-33(65)70)92-57-49(40(76)39(75)48(94-57)52(82)83)95-56-44(80)38(74)36(72)29(20-66)90-56/h10,23-24,27-51,53-58,66-67,69-81,85H,11-22H2,1-9H3,(H,82,83)/t23-,24+,27-,28+,29+,30+,31+,32+,33+,34-,35-,36-,37+,38-,39-,40-,41+,42+,43-,44+,45+,46-,47-,48-,49+,50-,51+,53-,54-,55-,56-,57+,58-,61+,62+,63+,64-,65+/m0/s1. The minimum absolute atomic E-state index is 0.0332. The van der Waals surface area contributed by atoms with E-state index in [1.165, 1.54) is 13.8 Å². The highest BCUT2D eigenvalue weighted by atomic mass is 16.8. The molecule has 38 atom stereocenters. The van der Waals surface area contributed by atoms with E-state index in [0.29, 0.717) is 38.5 Å². The van der Waals surface area contributed by atoms with Gasteiger partial charge in [0, 0.05) is 6.92 Å². The molecule has 10 fully saturated rings. The van der Waals surface area contributed by atoms with Crippen molar-refractivity contribution in [2.24, 2.45) is 44.8 Å². The van der Waals surface area contributed by atoms with Crippen LogP contribution in [0.2, 0.25) is 0 Å². The van der Waals surface area contributed by atoms with Gasteiger partial charge in [0.1, 0.15) is 109 Å². The maximum absolute atomic E-state index is 16.1. The second kappa shape index (κ2) is 28.2. The summed E-state index contributed by atoms with van der Waals surface area (Å²) in [6, 6.07) is 0. The highest BCUT2D eigenvalue weighted by Gasteiger charge is 2.73. The predicted molar refractivity (Wildman–Crippen MR) is 322 cm³/mol. The van der Waals surface area contributed by atoms with Crippen molar-refractivity contribution in [1.82, 2.24) is 0 Å². The van der Waals surface area contributed by atoms with Crippen molar-refractivity contribution >= 4 is 17.9 Å². The number of fused-ring (bicyclic) bond motifs is 7. The molecule has 0 aromatic rings. The molecule has 4 saturated carbocycles. The lowest BCUT2D eigenvalue weighted by Gasteiger charge is -2.71. The Morgan fingerprint density at radius 2 is 1.08 bits per heavy atom. The first-order valence-corrected chi connectivity index (χ1v) is 34.1. The quantitative estimate of drug-likeness (QED) is 0.0392. The van der Waals surface area contributed by atoms with E-state index in [9.17, 15) is 96.4 Å². The molecule has 11 aliphatic rings. The molecule has 6 heterocycles. The highest BCUT2D eigenvalue weighted by molar-refractivity contribution is 5.80. The van der Waals surface area contributed by atoms with Crippen LogP contribution < -0.4 is 0 Å². The van der Waals surface area contributed by atoms with Crippen molar-refractivity contribution in [1.29, 1.82) is 0 Å². The van der Waals surface area contributed by atoms with Crippen molar-refractivity contribution in [2.45, 2.75) is 310 Å². The number of aliphatic hydroxyl groups is 16. The van der Waals surface area contributed by atoms with E-state index in [0.717, 1.165) is 12.5 Å². The second-order valence-electron chi connectivity index (χ2n) is 31.0. The first-order chi connectivity index (χ1) is 45.8. The Morgan fingerprint density at radius 3 is 1.71 bits per heavy atom. The molecule has 17 N–H and O–H groups in total. The summed E-state index contributed by atoms with van der Waals surface area (Å²) in [6.45, 7) is 14.0. The number of carboxylic acid groups (broad SMARTS) is 1. The maximum Gasteiger partial charge on any atom is 0.335 e. The summed E-state index contributed by atoms with van der Waals surface area (Å²) >= 11 is 0. The number of carbonyl (C=O) groups excluding carboxylic acids is 2. The van der Waals surface area contributed by atoms with Gasteiger partial charge in [-0.05, 0) is 118 Å². The summed E-state index contributed by atoms with van der Waals surface area (Å²) in [4.78, 5) is 41.5. The van der Waals surface area contributed by atoms with Crippen LogP contribution in [0, 0.1) is 44.8 Å². The Morgan fingerprint density at radius 1 is 0.531 bits per heavy atom. The molecule has 33 nitrogen and oxygen atoms in total. The first-order valence-electron chi connectivity index (χ1n) is 34.1. The lowest BCUT2D eigenvalue weighted by Crippen LogP contribution is -2.70. The maximum atomic E-state index is 16.1. The molecule has 6 aliphatic heterocycles. The van der Waals surface area contributed by atoms with Crippen molar-refractivity contribution in [3.63, 3.8) is 0 Å². The average molecular weight is 1410 g/mol. The van der Waals surface area contributed by atoms with Gasteiger partial charge in [-0.3, -0.25) is 9.59 Å². The van der Waals surface area contributed by atoms with Gasteiger partial charge in [0.05, 0.1) is 49.8 Å². The number of ether oxygens (including phenoxy) is 13. The fourth-order valence-corrected chi connectivity index (χ4v) is 18.9. The van der Waals surface area contributed by atoms with Gasteiger partial charge in [-0.1, -0.05) is 46.3 Å². The van der Waals surface area contributed by atoms with Crippen LogP contribution in [0.5, 0.6) is 0 Å². The lowest BCUT2D eigenvalue weighted by molar-refractivity contribution is -0.382. The third kappa shape index (κ3) is 12.9. The van der Waals surface area contributed by atoms with Crippen molar-refractivity contribution in [3.8, 4) is 0 Å². The number of allylic oxidation sites excluding steroid dienone is 2. The minimum atomic E-state index is -2.12. The van der Waals surface area contributed by atoms with Gasteiger partial charge in [0.15, 0.2) is 49.8 Å². The number of esters is 2. The molecule has 0 aromatic heterocycles. The highest BCUT2D eigenvalue weighted by Crippen LogP contribution is 2.75. The Hall–Kier alpha value is -2.93. The molecule has 11 rings (SSSR count). The summed E-state index contributed by atoms with van der Waals surface area (Å²) in [5.41, 5.74) is -5.12. The fourth-order valence-electron chi connectivity index (χ4n) is 18.9. The topological polar surface area (TPSA) is 515 Å². The minimum Gasteiger partial charge on any atom is -0.479 e. The average Bonchev–Trinajstić information content (AvgIpc) is 0.727. The molecular weight excluding hydrogens is 1310 g/mol. The molecular formula is C65H102O33. The van der Waals surface area contributed by atoms with Crippen LogP contribution in [0.25, 0.3) is 0 Å². The summed E-state index contributed by atoms with van der Waals surface area (Å²) in [5.74, 6) is -4.91. The van der Waals surface area contributed by atoms with Crippen molar-refractivity contribution < 1.29 is 163 Å². The van der Waals surface area contributed by atoms with Gasteiger partial charge < -0.3 is 148 Å². The first kappa shape index (κ1) is 76.2. The molecule has 0 amide bonds. The van der Waals surface area contributed by atoms with Crippen molar-refractivity contribution in [3.05, 3.63) is 11.6 Å². The van der Waals surface area contributed by atoms with Crippen LogP contribution in [0.4, 0.5) is 0 Å². The van der Waals surface area contributed by atoms with Crippen LogP contribution in [0.3, 0.4) is 0 Å². The largest absolute Gasteiger partial charge is 0.479 e. The van der Waals surface area contributed by atoms with Crippen LogP contribution >= 0.6 is 0 Å². The Balaban J connectivity index is 0.882. The molecule has 0 unspecified atom stereocenters. The molecule has 33 heteroatoms. The molecule has 0 radical (unpaired) electrons. The Kier molecular flexibility index (Phi) is 21.9. The summed E-state index contributed by atoms with van der Waals surface area (Å²) in [6.07, 6.45) is -46.9. The Labute approximate surface area is 565 Å². The normalized spacial score (nSPS) is 54.0. The summed E-state index contributed by atoms with van der Waals surface area (Å²) in [7, 11) is 0. The van der Waals surface area contributed by atoms with E-state index in [2.05, 4.69) is 40.7 Å². The third-order valence-electron chi connectivity index (χ3n) is 24.7. The zero-order chi connectivity index (χ0) is 71.7. The van der Waals surface area contributed by atoms with E-state index in [4.69, 9.17) is 61.6 Å². The number of hydrogen-bond donors (Lipinski definition) is 17. The van der Waals surface area contributed by atoms with Crippen LogP contribution in [-0.2, 0) is 76.0 Å². The van der Waals surface area contributed by atoms with Crippen LogP contribution in [-0.4, -0.2) is 314 Å². The van der Waals surface area contributed by atoms with Crippen molar-refractivity contribution in [2.75, 3.05) is 19.8 Å². The number of carbonyl (C=O) groups is 3. The Bertz CT molecular complexity index is 2870. The fraction of sp³-hybridized carbons (Fsp3) is 0.923. The van der Waals surface area contributed by atoms with Crippen LogP contribution in [0.1, 0.15) is 120 Å². The van der Waals surface area contributed by atoms with E-state index >= 15 is 4.79 Å². The van der Waals surface area contributed by atoms with E-state index < -0.39 is 266 Å². The molecule has 5 aliphatic carbocycles. The van der Waals surface area contributed by atoms with E-state index in [-0.39, 0.29) is 25.2 Å². The number of aliphatic hydroxyl groups excluding tert-OH is 15. The van der Waals surface area contributed by atoms with E-state index in [1.54, 1.807) is 6.92 Å². The monoisotopic (exact) mass is 1410 g/mol. The van der Waals surface area contributed by atoms with Gasteiger partial charge in [-0.25, -0.2) is 4.79 Å². The predicted octanol–water partition coefficient (Wildman–Crippen LogP) is -4.69. The zero-order valence-corrected chi connectivity index (χ0v) is 56.2. The SMILES string of the molecule is CC(=O)O[C@@H]1[C@H](O[C@@H]2O[C@H](CO)[C@@H](O)[C@@H]2O)[C@@H](O[C@@H]2O[C@@H](C)[C@H](O[C@@H]3OC[C@@H](O)[C@H](O)[C@H]3O)[C@H](O)[C@H]2O)[C@H](OC(=O)[C@]23CCC(C)(C)C[C@H]2C2=CC[C@@H]4[C@@]5(C)CC[C@H](O[C@@H]6O[C@H](C(=O)O)[C@@H](O)[C@H](O)[C@H]6O[C@@H]6O[C@H](CO)[C@H](O)[C@H](O)[C@H]6O)[C@@](C)(O)[C@@H]5CC[C@@]4(C)[C@]2(C)C[C@H]3O)O[C@@H]1C. The number of carboxylic acids is 1. The van der Waals surface area contributed by atoms with Gasteiger partial charge in [-0.15, -0.1) is 0 Å². The third-order valence-corrected chi connectivity index (χ3v) is 24.7. The van der Waals surface area contributed by atoms with Gasteiger partial charge in [0.25, 0.3) is 0 Å². The summed E-state index contributed by atoms with van der Waals surface area (Å²) in [5, 5.41) is 188. The molecule has 0 bridgehead atoms.